The van der Waals surface area contributed by atoms with Crippen molar-refractivity contribution in [2.75, 3.05) is 16.8 Å². The van der Waals surface area contributed by atoms with Gasteiger partial charge in [-0.15, -0.1) is 0 Å². The van der Waals surface area contributed by atoms with Gasteiger partial charge in [0.05, 0.1) is 0 Å². The van der Waals surface area contributed by atoms with E-state index in [1.54, 1.807) is 4.90 Å². The SMILES string of the molecule is CCN(C(=O)Nc1cccc(Cl)c1C)c1cccc(C)c1. The van der Waals surface area contributed by atoms with Crippen LogP contribution < -0.4 is 10.2 Å². The van der Waals surface area contributed by atoms with E-state index in [1.165, 1.54) is 0 Å². The van der Waals surface area contributed by atoms with Gasteiger partial charge in [0, 0.05) is 22.9 Å². The predicted molar refractivity (Wildman–Crippen MR) is 89.4 cm³/mol. The third kappa shape index (κ3) is 3.56. The number of carbonyl (C=O) groups excluding carboxylic acids is 1. The van der Waals surface area contributed by atoms with Gasteiger partial charge >= 0.3 is 6.03 Å². The number of nitrogens with one attached hydrogen (secondary N) is 1. The van der Waals surface area contributed by atoms with E-state index in [0.717, 1.165) is 22.5 Å². The molecule has 0 heterocycles. The Kier molecular flexibility index (Phi) is 4.86. The maximum absolute atomic E-state index is 12.5. The number of aryl methyl sites for hydroxylation is 1. The number of hydrogen-bond donors (Lipinski definition) is 1. The Morgan fingerprint density at radius 1 is 1.19 bits per heavy atom. The quantitative estimate of drug-likeness (QED) is 0.848. The van der Waals surface area contributed by atoms with Crippen LogP contribution in [0.4, 0.5) is 16.2 Å². The summed E-state index contributed by atoms with van der Waals surface area (Å²) >= 11 is 6.08. The molecule has 2 rings (SSSR count). The molecule has 1 N–H and O–H groups in total. The third-order valence-electron chi connectivity index (χ3n) is 3.38. The van der Waals surface area contributed by atoms with E-state index in [0.29, 0.717) is 11.6 Å². The van der Waals surface area contributed by atoms with E-state index in [1.807, 2.05) is 63.2 Å². The van der Waals surface area contributed by atoms with Crippen LogP contribution in [0.15, 0.2) is 42.5 Å². The zero-order valence-corrected chi connectivity index (χ0v) is 13.2. The number of urea groups is 1. The van der Waals surface area contributed by atoms with Gasteiger partial charge < -0.3 is 5.32 Å². The highest BCUT2D eigenvalue weighted by Crippen LogP contribution is 2.24. The van der Waals surface area contributed by atoms with Gasteiger partial charge in [0.25, 0.3) is 0 Å². The standard InChI is InChI=1S/C17H19ClN2O/c1-4-20(14-8-5-7-12(2)11-14)17(21)19-16-10-6-9-15(18)13(16)3/h5-11H,4H2,1-3H3,(H,19,21). The second-order valence-corrected chi connectivity index (χ2v) is 5.33. The molecular formula is C17H19ClN2O. The molecule has 0 bridgehead atoms. The topological polar surface area (TPSA) is 32.3 Å². The summed E-state index contributed by atoms with van der Waals surface area (Å²) in [5.41, 5.74) is 3.61. The molecule has 0 aliphatic heterocycles. The fourth-order valence-corrected chi connectivity index (χ4v) is 2.34. The monoisotopic (exact) mass is 302 g/mol. The molecule has 4 heteroatoms. The number of nitrogens with zero attached hydrogens (tertiary/aromatic N) is 1. The second kappa shape index (κ2) is 6.64. The van der Waals surface area contributed by atoms with Crippen LogP contribution in [0.5, 0.6) is 0 Å². The fraction of sp³-hybridized carbons (Fsp3) is 0.235. The molecule has 0 radical (unpaired) electrons. The summed E-state index contributed by atoms with van der Waals surface area (Å²) in [5.74, 6) is 0. The van der Waals surface area contributed by atoms with Crippen molar-refractivity contribution in [3.8, 4) is 0 Å². The lowest BCUT2D eigenvalue weighted by atomic mass is 10.2. The zero-order chi connectivity index (χ0) is 15.4. The molecule has 0 aliphatic carbocycles. The van der Waals surface area contributed by atoms with Crippen LogP contribution in [0.25, 0.3) is 0 Å². The number of anilines is 2. The van der Waals surface area contributed by atoms with Crippen molar-refractivity contribution in [2.45, 2.75) is 20.8 Å². The van der Waals surface area contributed by atoms with Crippen molar-refractivity contribution >= 4 is 29.0 Å². The van der Waals surface area contributed by atoms with Gasteiger partial charge in [0.1, 0.15) is 0 Å². The minimum Gasteiger partial charge on any atom is -0.307 e. The maximum Gasteiger partial charge on any atom is 0.326 e. The van der Waals surface area contributed by atoms with Crippen molar-refractivity contribution in [3.05, 3.63) is 58.6 Å². The van der Waals surface area contributed by atoms with Gasteiger partial charge in [-0.05, 0) is 56.2 Å². The summed E-state index contributed by atoms with van der Waals surface area (Å²) < 4.78 is 0. The van der Waals surface area contributed by atoms with E-state index in [2.05, 4.69) is 5.32 Å². The largest absolute Gasteiger partial charge is 0.326 e. The third-order valence-corrected chi connectivity index (χ3v) is 3.79. The predicted octanol–water partition coefficient (Wildman–Crippen LogP) is 5.02. The molecule has 2 aromatic rings. The van der Waals surface area contributed by atoms with E-state index in [4.69, 9.17) is 11.6 Å². The van der Waals surface area contributed by atoms with Crippen LogP contribution >= 0.6 is 11.6 Å². The molecule has 110 valence electrons. The minimum atomic E-state index is -0.159. The van der Waals surface area contributed by atoms with Crippen LogP contribution in [0.1, 0.15) is 18.1 Å². The molecule has 0 saturated heterocycles. The molecule has 0 atom stereocenters. The van der Waals surface area contributed by atoms with Crippen LogP contribution in [0, 0.1) is 13.8 Å². The zero-order valence-electron chi connectivity index (χ0n) is 12.5. The Morgan fingerprint density at radius 3 is 2.57 bits per heavy atom. The second-order valence-electron chi connectivity index (χ2n) is 4.93. The summed E-state index contributed by atoms with van der Waals surface area (Å²) in [6.07, 6.45) is 0. The van der Waals surface area contributed by atoms with Crippen LogP contribution in [-0.4, -0.2) is 12.6 Å². The Hall–Kier alpha value is -2.00. The molecule has 0 spiro atoms. The first kappa shape index (κ1) is 15.4. The van der Waals surface area contributed by atoms with Crippen molar-refractivity contribution in [2.24, 2.45) is 0 Å². The molecule has 0 unspecified atom stereocenters. The average molecular weight is 303 g/mol. The summed E-state index contributed by atoms with van der Waals surface area (Å²) in [6, 6.07) is 13.2. The Labute approximate surface area is 130 Å². The van der Waals surface area contributed by atoms with E-state index in [-0.39, 0.29) is 6.03 Å². The van der Waals surface area contributed by atoms with Gasteiger partial charge in [0.2, 0.25) is 0 Å². The lowest BCUT2D eigenvalue weighted by molar-refractivity contribution is 0.257. The number of rotatable bonds is 3. The first-order valence-corrected chi connectivity index (χ1v) is 7.31. The molecule has 2 aromatic carbocycles. The van der Waals surface area contributed by atoms with Gasteiger partial charge in [0.15, 0.2) is 0 Å². The highest BCUT2D eigenvalue weighted by Gasteiger charge is 2.15. The summed E-state index contributed by atoms with van der Waals surface area (Å²) in [7, 11) is 0. The van der Waals surface area contributed by atoms with Crippen molar-refractivity contribution in [1.29, 1.82) is 0 Å². The summed E-state index contributed by atoms with van der Waals surface area (Å²) in [6.45, 7) is 6.44. The average Bonchev–Trinajstić information content (AvgIpc) is 2.45. The molecule has 0 aromatic heterocycles. The maximum atomic E-state index is 12.5. The molecule has 0 aliphatic rings. The van der Waals surface area contributed by atoms with Crippen LogP contribution in [0.3, 0.4) is 0 Å². The lowest BCUT2D eigenvalue weighted by Gasteiger charge is -2.22. The first-order valence-electron chi connectivity index (χ1n) is 6.93. The highest BCUT2D eigenvalue weighted by atomic mass is 35.5. The number of carbonyl (C=O) groups is 1. The van der Waals surface area contributed by atoms with Crippen molar-refractivity contribution in [1.82, 2.24) is 0 Å². The van der Waals surface area contributed by atoms with Gasteiger partial charge in [-0.3, -0.25) is 4.90 Å². The van der Waals surface area contributed by atoms with E-state index in [9.17, 15) is 4.79 Å². The van der Waals surface area contributed by atoms with Gasteiger partial charge in [-0.2, -0.15) is 0 Å². The number of halogens is 1. The van der Waals surface area contributed by atoms with Crippen LogP contribution in [-0.2, 0) is 0 Å². The Balaban J connectivity index is 2.23. The van der Waals surface area contributed by atoms with Crippen molar-refractivity contribution in [3.63, 3.8) is 0 Å². The molecule has 21 heavy (non-hydrogen) atoms. The molecular weight excluding hydrogens is 284 g/mol. The Morgan fingerprint density at radius 2 is 1.90 bits per heavy atom. The van der Waals surface area contributed by atoms with E-state index < -0.39 is 0 Å². The van der Waals surface area contributed by atoms with Crippen molar-refractivity contribution < 1.29 is 4.79 Å². The normalized spacial score (nSPS) is 10.3. The highest BCUT2D eigenvalue weighted by molar-refractivity contribution is 6.31. The van der Waals surface area contributed by atoms with Gasteiger partial charge in [-0.1, -0.05) is 29.8 Å². The molecule has 2 amide bonds. The molecule has 3 nitrogen and oxygen atoms in total. The van der Waals surface area contributed by atoms with Crippen LogP contribution in [0.2, 0.25) is 5.02 Å². The van der Waals surface area contributed by atoms with Gasteiger partial charge in [-0.25, -0.2) is 4.79 Å². The smallest absolute Gasteiger partial charge is 0.307 e. The molecule has 0 fully saturated rings. The fourth-order valence-electron chi connectivity index (χ4n) is 2.16. The number of hydrogen-bond acceptors (Lipinski definition) is 1. The molecule has 0 saturated carbocycles. The number of amides is 2. The minimum absolute atomic E-state index is 0.159. The summed E-state index contributed by atoms with van der Waals surface area (Å²) in [4.78, 5) is 14.2. The lowest BCUT2D eigenvalue weighted by Crippen LogP contribution is -2.35. The van der Waals surface area contributed by atoms with E-state index >= 15 is 0 Å². The summed E-state index contributed by atoms with van der Waals surface area (Å²) in [5, 5.41) is 3.57. The first-order chi connectivity index (χ1) is 10.0. The number of benzene rings is 2. The Bertz CT molecular complexity index is 655.